The number of aromatic nitrogens is 3. The quantitative estimate of drug-likeness (QED) is 0.617. The number of hydrogen-bond acceptors (Lipinski definition) is 4. The van der Waals surface area contributed by atoms with Crippen molar-refractivity contribution in [3.05, 3.63) is 68.9 Å². The second-order valence-electron chi connectivity index (χ2n) is 5.07. The highest BCUT2D eigenvalue weighted by molar-refractivity contribution is 9.10. The highest BCUT2D eigenvalue weighted by Gasteiger charge is 2.16. The van der Waals surface area contributed by atoms with E-state index in [1.807, 2.05) is 6.07 Å². The first-order valence-corrected chi connectivity index (χ1v) is 9.98. The number of anilines is 1. The molecule has 3 rings (SSSR count). The molecule has 25 heavy (non-hydrogen) atoms. The van der Waals surface area contributed by atoms with E-state index in [-0.39, 0.29) is 10.8 Å². The van der Waals surface area contributed by atoms with Gasteiger partial charge in [-0.25, -0.2) is 17.8 Å². The van der Waals surface area contributed by atoms with Crippen molar-refractivity contribution in [1.29, 1.82) is 0 Å². The molecule has 0 aliphatic carbocycles. The lowest BCUT2D eigenvalue weighted by molar-refractivity contribution is 0.600. The van der Waals surface area contributed by atoms with E-state index in [1.165, 1.54) is 23.1 Å². The van der Waals surface area contributed by atoms with Gasteiger partial charge in [0.05, 0.1) is 21.5 Å². The summed E-state index contributed by atoms with van der Waals surface area (Å²) < 4.78 is 29.3. The van der Waals surface area contributed by atoms with E-state index in [2.05, 4.69) is 30.7 Å². The van der Waals surface area contributed by atoms with Gasteiger partial charge in [-0.3, -0.25) is 0 Å². The highest BCUT2D eigenvalue weighted by Crippen LogP contribution is 2.23. The molecule has 0 aliphatic heterocycles. The molecule has 0 amide bonds. The van der Waals surface area contributed by atoms with Gasteiger partial charge in [0, 0.05) is 4.47 Å². The molecule has 1 aromatic heterocycles. The molecule has 3 aromatic rings. The minimum atomic E-state index is -3.75. The number of sulfonamides is 1. The number of nitrogens with one attached hydrogen (secondary N) is 1. The van der Waals surface area contributed by atoms with Gasteiger partial charge in [-0.2, -0.15) is 4.98 Å². The van der Waals surface area contributed by atoms with Crippen LogP contribution in [0.5, 0.6) is 0 Å². The first-order chi connectivity index (χ1) is 11.8. The van der Waals surface area contributed by atoms with Gasteiger partial charge in [-0.1, -0.05) is 45.2 Å². The number of halogens is 3. The van der Waals surface area contributed by atoms with E-state index < -0.39 is 10.0 Å². The zero-order valence-corrected chi connectivity index (χ0v) is 16.4. The van der Waals surface area contributed by atoms with Gasteiger partial charge in [0.1, 0.15) is 6.33 Å². The third-order valence-corrected chi connectivity index (χ3v) is 5.83. The Morgan fingerprint density at radius 2 is 1.80 bits per heavy atom. The van der Waals surface area contributed by atoms with Crippen LogP contribution in [0.1, 0.15) is 5.56 Å². The summed E-state index contributed by atoms with van der Waals surface area (Å²) in [6.07, 6.45) is 1.43. The fourth-order valence-corrected chi connectivity index (χ4v) is 3.57. The Labute approximate surface area is 163 Å². The normalized spacial score (nSPS) is 11.5. The van der Waals surface area contributed by atoms with Crippen LogP contribution in [0, 0.1) is 0 Å². The smallest absolute Gasteiger partial charge is 0.246 e. The van der Waals surface area contributed by atoms with Crippen molar-refractivity contribution in [2.75, 3.05) is 4.72 Å². The summed E-state index contributed by atoms with van der Waals surface area (Å²) in [4.78, 5) is 4.10. The van der Waals surface area contributed by atoms with E-state index in [4.69, 9.17) is 23.2 Å². The van der Waals surface area contributed by atoms with Gasteiger partial charge in [-0.05, 0) is 42.0 Å². The number of rotatable bonds is 5. The van der Waals surface area contributed by atoms with Gasteiger partial charge < -0.3 is 0 Å². The third-order valence-electron chi connectivity index (χ3n) is 3.21. The number of benzene rings is 2. The molecule has 0 bridgehead atoms. The summed E-state index contributed by atoms with van der Waals surface area (Å²) in [6.45, 7) is 0.379. The molecular formula is C15H11BrCl2N4O2S. The van der Waals surface area contributed by atoms with Crippen molar-refractivity contribution < 1.29 is 8.42 Å². The molecule has 0 spiro atoms. The maximum Gasteiger partial charge on any atom is 0.264 e. The zero-order valence-electron chi connectivity index (χ0n) is 12.5. The van der Waals surface area contributed by atoms with E-state index in [9.17, 15) is 8.42 Å². The van der Waals surface area contributed by atoms with Crippen LogP contribution in [-0.2, 0) is 16.6 Å². The Bertz CT molecular complexity index is 1010. The number of nitrogens with zero attached hydrogens (tertiary/aromatic N) is 3. The largest absolute Gasteiger partial charge is 0.264 e. The van der Waals surface area contributed by atoms with Crippen molar-refractivity contribution in [1.82, 2.24) is 14.8 Å². The van der Waals surface area contributed by atoms with E-state index in [1.54, 1.807) is 24.3 Å². The highest BCUT2D eigenvalue weighted by atomic mass is 79.9. The van der Waals surface area contributed by atoms with Gasteiger partial charge >= 0.3 is 0 Å². The molecule has 0 saturated carbocycles. The van der Waals surface area contributed by atoms with Gasteiger partial charge in [0.25, 0.3) is 16.0 Å². The van der Waals surface area contributed by atoms with Gasteiger partial charge in [-0.15, -0.1) is 5.10 Å². The molecule has 0 fully saturated rings. The van der Waals surface area contributed by atoms with Crippen molar-refractivity contribution in [2.24, 2.45) is 0 Å². The Morgan fingerprint density at radius 3 is 2.48 bits per heavy atom. The van der Waals surface area contributed by atoms with Crippen LogP contribution >= 0.6 is 39.1 Å². The SMILES string of the molecule is O=S(=O)(Nc1ncn(Cc2ccc(Cl)c(Cl)c2)n1)c1ccc(Br)cc1. The van der Waals surface area contributed by atoms with E-state index in [0.29, 0.717) is 16.6 Å². The maximum atomic E-state index is 12.3. The fraction of sp³-hybridized carbons (Fsp3) is 0.0667. The van der Waals surface area contributed by atoms with Gasteiger partial charge in [0.2, 0.25) is 0 Å². The van der Waals surface area contributed by atoms with Crippen molar-refractivity contribution in [3.8, 4) is 0 Å². The van der Waals surface area contributed by atoms with E-state index >= 15 is 0 Å². The van der Waals surface area contributed by atoms with Crippen molar-refractivity contribution >= 4 is 55.1 Å². The minimum absolute atomic E-state index is 0.0111. The van der Waals surface area contributed by atoms with Crippen molar-refractivity contribution in [3.63, 3.8) is 0 Å². The molecule has 0 unspecified atom stereocenters. The van der Waals surface area contributed by atoms with Crippen LogP contribution in [0.25, 0.3) is 0 Å². The zero-order chi connectivity index (χ0) is 18.0. The molecule has 2 aromatic carbocycles. The first-order valence-electron chi connectivity index (χ1n) is 6.95. The van der Waals surface area contributed by atoms with Crippen LogP contribution in [0.4, 0.5) is 5.95 Å². The first kappa shape index (κ1) is 18.2. The molecule has 6 nitrogen and oxygen atoms in total. The lowest BCUT2D eigenvalue weighted by Crippen LogP contribution is -2.14. The third kappa shape index (κ3) is 4.52. The molecule has 10 heteroatoms. The molecular weight excluding hydrogens is 451 g/mol. The maximum absolute atomic E-state index is 12.3. The second kappa shape index (κ2) is 7.33. The molecule has 0 radical (unpaired) electrons. The van der Waals surface area contributed by atoms with Gasteiger partial charge in [0.15, 0.2) is 0 Å². The summed E-state index contributed by atoms with van der Waals surface area (Å²) in [6, 6.07) is 11.5. The Hall–Kier alpha value is -1.61. The average molecular weight is 462 g/mol. The lowest BCUT2D eigenvalue weighted by Gasteiger charge is -2.05. The lowest BCUT2D eigenvalue weighted by atomic mass is 10.2. The predicted octanol–water partition coefficient (Wildman–Crippen LogP) is 4.20. The molecule has 0 aliphatic rings. The summed E-state index contributed by atoms with van der Waals surface area (Å²) in [5.74, 6) is -0.0111. The average Bonchev–Trinajstić information content (AvgIpc) is 2.97. The molecule has 0 atom stereocenters. The second-order valence-corrected chi connectivity index (χ2v) is 8.49. The summed E-state index contributed by atoms with van der Waals surface area (Å²) in [5.41, 5.74) is 0.863. The Kier molecular flexibility index (Phi) is 5.33. The fourth-order valence-electron chi connectivity index (χ4n) is 2.04. The van der Waals surface area contributed by atoms with Crippen LogP contribution in [0.3, 0.4) is 0 Å². The topological polar surface area (TPSA) is 76.9 Å². The van der Waals surface area contributed by atoms with Crippen molar-refractivity contribution in [2.45, 2.75) is 11.4 Å². The monoisotopic (exact) mass is 460 g/mol. The molecule has 130 valence electrons. The summed E-state index contributed by atoms with van der Waals surface area (Å²) >= 11 is 15.1. The standard InChI is InChI=1S/C15H11BrCl2N4O2S/c16-11-2-4-12(5-3-11)25(23,24)21-15-19-9-22(20-15)8-10-1-6-13(17)14(18)7-10/h1-7,9H,8H2,(H,20,21). The summed E-state index contributed by atoms with van der Waals surface area (Å²) in [5, 5.41) is 5.02. The molecule has 1 N–H and O–H groups in total. The molecule has 1 heterocycles. The van der Waals surface area contributed by atoms with Crippen LogP contribution in [0.2, 0.25) is 10.0 Å². The Morgan fingerprint density at radius 1 is 1.08 bits per heavy atom. The van der Waals surface area contributed by atoms with Crippen LogP contribution < -0.4 is 4.72 Å². The minimum Gasteiger partial charge on any atom is -0.246 e. The predicted molar refractivity (Wildman–Crippen MR) is 101 cm³/mol. The Balaban J connectivity index is 1.74. The number of hydrogen-bond donors (Lipinski definition) is 1. The van der Waals surface area contributed by atoms with Crippen LogP contribution in [0.15, 0.2) is 58.2 Å². The molecule has 0 saturated heterocycles. The summed E-state index contributed by atoms with van der Waals surface area (Å²) in [7, 11) is -3.75. The van der Waals surface area contributed by atoms with Crippen LogP contribution in [-0.4, -0.2) is 23.2 Å². The van der Waals surface area contributed by atoms with E-state index in [0.717, 1.165) is 10.0 Å².